The third kappa shape index (κ3) is 3.35. The first-order valence-electron chi connectivity index (χ1n) is 8.27. The lowest BCUT2D eigenvalue weighted by molar-refractivity contribution is 0.0700. The van der Waals surface area contributed by atoms with E-state index < -0.39 is 0 Å². The molecule has 0 aliphatic heterocycles. The molecular formula is C20H18ClNO3. The van der Waals surface area contributed by atoms with Gasteiger partial charge in [-0.2, -0.15) is 0 Å². The fourth-order valence-electron chi connectivity index (χ4n) is 2.94. The molecule has 0 unspecified atom stereocenters. The molecule has 4 rings (SSSR count). The fraction of sp³-hybridized carbons (Fsp3) is 0.250. The standard InChI is InChI=1S/C20H18ClNO3/c1-24-17-7-2-13(3-8-17)12-22(16-5-6-16)20(23)19-11-14-10-15(21)4-9-18(14)25-19/h2-4,7-11,16H,5-6,12H2,1H3. The molecular weight excluding hydrogens is 338 g/mol. The number of carbonyl (C=O) groups excluding carboxylic acids is 1. The molecule has 128 valence electrons. The van der Waals surface area contributed by atoms with E-state index in [4.69, 9.17) is 20.8 Å². The fourth-order valence-corrected chi connectivity index (χ4v) is 3.12. The van der Waals surface area contributed by atoms with Crippen LogP contribution in [0.1, 0.15) is 29.0 Å². The molecule has 1 amide bonds. The van der Waals surface area contributed by atoms with E-state index in [1.54, 1.807) is 25.3 Å². The SMILES string of the molecule is COc1ccc(CN(C(=O)c2cc3cc(Cl)ccc3o2)C2CC2)cc1. The van der Waals surface area contributed by atoms with Gasteiger partial charge in [0.2, 0.25) is 0 Å². The molecule has 25 heavy (non-hydrogen) atoms. The smallest absolute Gasteiger partial charge is 0.290 e. The van der Waals surface area contributed by atoms with Crippen molar-refractivity contribution in [2.45, 2.75) is 25.4 Å². The molecule has 0 spiro atoms. The van der Waals surface area contributed by atoms with Crippen molar-refractivity contribution in [2.24, 2.45) is 0 Å². The van der Waals surface area contributed by atoms with E-state index in [1.165, 1.54) is 0 Å². The Bertz CT molecular complexity index is 912. The Hall–Kier alpha value is -2.46. The van der Waals surface area contributed by atoms with Gasteiger partial charge in [0.25, 0.3) is 5.91 Å². The van der Waals surface area contributed by atoms with Crippen molar-refractivity contribution in [1.29, 1.82) is 0 Å². The third-order valence-electron chi connectivity index (χ3n) is 4.45. The summed E-state index contributed by atoms with van der Waals surface area (Å²) < 4.78 is 10.9. The van der Waals surface area contributed by atoms with Crippen molar-refractivity contribution < 1.29 is 13.9 Å². The van der Waals surface area contributed by atoms with Gasteiger partial charge in [0, 0.05) is 23.0 Å². The lowest BCUT2D eigenvalue weighted by Crippen LogP contribution is -2.32. The molecule has 5 heteroatoms. The van der Waals surface area contributed by atoms with Crippen LogP contribution >= 0.6 is 11.6 Å². The molecule has 1 heterocycles. The van der Waals surface area contributed by atoms with Crippen molar-refractivity contribution in [3.63, 3.8) is 0 Å². The zero-order valence-corrected chi connectivity index (χ0v) is 14.6. The normalized spacial score (nSPS) is 13.8. The maximum atomic E-state index is 13.0. The number of halogens is 1. The van der Waals surface area contributed by atoms with Crippen LogP contribution in [0.25, 0.3) is 11.0 Å². The molecule has 3 aromatic rings. The molecule has 2 aromatic carbocycles. The Labute approximate surface area is 150 Å². The summed E-state index contributed by atoms with van der Waals surface area (Å²) in [5.74, 6) is 1.09. The highest BCUT2D eigenvalue weighted by Gasteiger charge is 2.34. The maximum absolute atomic E-state index is 13.0. The minimum Gasteiger partial charge on any atom is -0.497 e. The highest BCUT2D eigenvalue weighted by molar-refractivity contribution is 6.31. The minimum atomic E-state index is -0.0781. The summed E-state index contributed by atoms with van der Waals surface area (Å²) in [6, 6.07) is 15.2. The van der Waals surface area contributed by atoms with Gasteiger partial charge < -0.3 is 14.1 Å². The summed E-state index contributed by atoms with van der Waals surface area (Å²) in [7, 11) is 1.64. The second kappa shape index (κ2) is 6.45. The average molecular weight is 356 g/mol. The summed E-state index contributed by atoms with van der Waals surface area (Å²) >= 11 is 6.02. The quantitative estimate of drug-likeness (QED) is 0.653. The summed E-state index contributed by atoms with van der Waals surface area (Å²) in [4.78, 5) is 14.9. The summed E-state index contributed by atoms with van der Waals surface area (Å²) in [5.41, 5.74) is 1.74. The van der Waals surface area contributed by atoms with Gasteiger partial charge in [0.1, 0.15) is 11.3 Å². The van der Waals surface area contributed by atoms with Crippen LogP contribution in [0.4, 0.5) is 0 Å². The molecule has 1 fully saturated rings. The first-order chi connectivity index (χ1) is 12.1. The number of methoxy groups -OCH3 is 1. The van der Waals surface area contributed by atoms with E-state index in [1.807, 2.05) is 35.2 Å². The van der Waals surface area contributed by atoms with Crippen LogP contribution in [-0.4, -0.2) is 24.0 Å². The predicted octanol–water partition coefficient (Wildman–Crippen LogP) is 4.90. The van der Waals surface area contributed by atoms with E-state index in [0.29, 0.717) is 22.9 Å². The largest absolute Gasteiger partial charge is 0.497 e. The molecule has 1 aliphatic carbocycles. The lowest BCUT2D eigenvalue weighted by Gasteiger charge is -2.21. The van der Waals surface area contributed by atoms with E-state index in [-0.39, 0.29) is 11.9 Å². The number of carbonyl (C=O) groups is 1. The lowest BCUT2D eigenvalue weighted by atomic mass is 10.2. The van der Waals surface area contributed by atoms with Crippen LogP contribution in [0, 0.1) is 0 Å². The van der Waals surface area contributed by atoms with E-state index >= 15 is 0 Å². The minimum absolute atomic E-state index is 0.0781. The number of amides is 1. The van der Waals surface area contributed by atoms with Crippen LogP contribution in [0.2, 0.25) is 5.02 Å². The Morgan fingerprint density at radius 1 is 1.20 bits per heavy atom. The Morgan fingerprint density at radius 3 is 2.64 bits per heavy atom. The molecule has 0 saturated heterocycles. The topological polar surface area (TPSA) is 42.7 Å². The van der Waals surface area contributed by atoms with Crippen LogP contribution in [0.3, 0.4) is 0 Å². The van der Waals surface area contributed by atoms with Crippen molar-refractivity contribution >= 4 is 28.5 Å². The van der Waals surface area contributed by atoms with Gasteiger partial charge in [-0.05, 0) is 54.8 Å². The molecule has 0 radical (unpaired) electrons. The van der Waals surface area contributed by atoms with Gasteiger partial charge >= 0.3 is 0 Å². The highest BCUT2D eigenvalue weighted by atomic mass is 35.5. The van der Waals surface area contributed by atoms with Gasteiger partial charge in [0.15, 0.2) is 5.76 Å². The third-order valence-corrected chi connectivity index (χ3v) is 4.68. The number of benzene rings is 2. The molecule has 1 aliphatic rings. The number of furan rings is 1. The van der Waals surface area contributed by atoms with Gasteiger partial charge in [-0.3, -0.25) is 4.79 Å². The zero-order chi connectivity index (χ0) is 17.4. The highest BCUT2D eigenvalue weighted by Crippen LogP contribution is 2.31. The molecule has 0 atom stereocenters. The number of rotatable bonds is 5. The molecule has 1 saturated carbocycles. The first-order valence-corrected chi connectivity index (χ1v) is 8.65. The number of fused-ring (bicyclic) bond motifs is 1. The van der Waals surface area contributed by atoms with E-state index in [9.17, 15) is 4.79 Å². The average Bonchev–Trinajstić information content (AvgIpc) is 3.38. The summed E-state index contributed by atoms with van der Waals surface area (Å²) in [6.07, 6.45) is 2.07. The summed E-state index contributed by atoms with van der Waals surface area (Å²) in [6.45, 7) is 0.561. The second-order valence-electron chi connectivity index (χ2n) is 6.31. The maximum Gasteiger partial charge on any atom is 0.290 e. The van der Waals surface area contributed by atoms with Crippen molar-refractivity contribution in [1.82, 2.24) is 4.90 Å². The molecule has 1 aromatic heterocycles. The number of nitrogens with zero attached hydrogens (tertiary/aromatic N) is 1. The Balaban J connectivity index is 1.59. The number of hydrogen-bond donors (Lipinski definition) is 0. The van der Waals surface area contributed by atoms with Crippen LogP contribution < -0.4 is 4.74 Å². The zero-order valence-electron chi connectivity index (χ0n) is 13.9. The van der Waals surface area contributed by atoms with Crippen molar-refractivity contribution in [2.75, 3.05) is 7.11 Å². The molecule has 0 N–H and O–H groups in total. The van der Waals surface area contributed by atoms with Crippen LogP contribution in [-0.2, 0) is 6.54 Å². The van der Waals surface area contributed by atoms with E-state index in [0.717, 1.165) is 29.5 Å². The van der Waals surface area contributed by atoms with Gasteiger partial charge in [-0.1, -0.05) is 23.7 Å². The van der Waals surface area contributed by atoms with Crippen LogP contribution in [0.5, 0.6) is 5.75 Å². The number of hydrogen-bond acceptors (Lipinski definition) is 3. The Morgan fingerprint density at radius 2 is 1.96 bits per heavy atom. The molecule has 0 bridgehead atoms. The van der Waals surface area contributed by atoms with Gasteiger partial charge in [-0.25, -0.2) is 0 Å². The second-order valence-corrected chi connectivity index (χ2v) is 6.74. The van der Waals surface area contributed by atoms with Gasteiger partial charge in [0.05, 0.1) is 7.11 Å². The monoisotopic (exact) mass is 355 g/mol. The van der Waals surface area contributed by atoms with Crippen LogP contribution in [0.15, 0.2) is 52.9 Å². The van der Waals surface area contributed by atoms with Gasteiger partial charge in [-0.15, -0.1) is 0 Å². The van der Waals surface area contributed by atoms with Crippen molar-refractivity contribution in [3.8, 4) is 5.75 Å². The molecule has 4 nitrogen and oxygen atoms in total. The van der Waals surface area contributed by atoms with E-state index in [2.05, 4.69) is 0 Å². The predicted molar refractivity (Wildman–Crippen MR) is 97.1 cm³/mol. The first kappa shape index (κ1) is 16.0. The Kier molecular flexibility index (Phi) is 4.14. The summed E-state index contributed by atoms with van der Waals surface area (Å²) in [5, 5.41) is 1.47. The van der Waals surface area contributed by atoms with Crippen molar-refractivity contribution in [3.05, 3.63) is 64.9 Å². The number of ether oxygens (including phenoxy) is 1.